The lowest BCUT2D eigenvalue weighted by Crippen LogP contribution is -2.20. The summed E-state index contributed by atoms with van der Waals surface area (Å²) in [5.74, 6) is 0. The van der Waals surface area contributed by atoms with Crippen LogP contribution in [0.2, 0.25) is 0 Å². The molecule has 13 heavy (non-hydrogen) atoms. The topological polar surface area (TPSA) is 49.7 Å². The van der Waals surface area contributed by atoms with Crippen molar-refractivity contribution in [3.63, 3.8) is 0 Å². The first-order chi connectivity index (χ1) is 6.33. The number of hydrogen-bond donors (Lipinski definition) is 2. The molecule has 0 amide bonds. The van der Waals surface area contributed by atoms with Gasteiger partial charge in [0.05, 0.1) is 19.8 Å². The molecular formula is C9H14O3S. The van der Waals surface area contributed by atoms with E-state index in [-0.39, 0.29) is 13.2 Å². The van der Waals surface area contributed by atoms with E-state index in [1.54, 1.807) is 11.3 Å². The van der Waals surface area contributed by atoms with Crippen molar-refractivity contribution >= 4 is 11.3 Å². The highest BCUT2D eigenvalue weighted by atomic mass is 32.1. The smallest absolute Gasteiger partial charge is 0.100 e. The molecule has 74 valence electrons. The second-order valence-electron chi connectivity index (χ2n) is 2.79. The molecule has 1 heterocycles. The Bertz CT molecular complexity index is 211. The Balaban J connectivity index is 2.02. The molecule has 0 spiro atoms. The molecule has 0 saturated heterocycles. The van der Waals surface area contributed by atoms with Gasteiger partial charge >= 0.3 is 0 Å². The van der Waals surface area contributed by atoms with E-state index in [2.05, 4.69) is 11.4 Å². The summed E-state index contributed by atoms with van der Waals surface area (Å²) in [5.41, 5.74) is 1.25. The highest BCUT2D eigenvalue weighted by Crippen LogP contribution is 2.06. The zero-order chi connectivity index (χ0) is 9.52. The summed E-state index contributed by atoms with van der Waals surface area (Å²) in [5, 5.41) is 21.5. The summed E-state index contributed by atoms with van der Waals surface area (Å²) in [6, 6.07) is 2.05. The molecule has 1 aromatic heterocycles. The number of ether oxygens (including phenoxy) is 1. The summed E-state index contributed by atoms with van der Waals surface area (Å²) in [4.78, 5) is 0. The maximum atomic E-state index is 8.94. The van der Waals surface area contributed by atoms with Crippen LogP contribution in [0.15, 0.2) is 16.8 Å². The van der Waals surface area contributed by atoms with Crippen LogP contribution in [0, 0.1) is 0 Å². The van der Waals surface area contributed by atoms with Gasteiger partial charge in [0.15, 0.2) is 0 Å². The van der Waals surface area contributed by atoms with Crippen LogP contribution < -0.4 is 0 Å². The Morgan fingerprint density at radius 3 is 3.00 bits per heavy atom. The van der Waals surface area contributed by atoms with Crippen LogP contribution in [0.25, 0.3) is 0 Å². The van der Waals surface area contributed by atoms with Crippen molar-refractivity contribution in [1.29, 1.82) is 0 Å². The SMILES string of the molecule is OC[C@@H](O)COCCc1ccsc1. The van der Waals surface area contributed by atoms with E-state index in [9.17, 15) is 0 Å². The maximum Gasteiger partial charge on any atom is 0.100 e. The number of hydrogen-bond acceptors (Lipinski definition) is 4. The van der Waals surface area contributed by atoms with Crippen molar-refractivity contribution in [2.45, 2.75) is 12.5 Å². The quantitative estimate of drug-likeness (QED) is 0.666. The molecule has 1 rings (SSSR count). The summed E-state index contributed by atoms with van der Waals surface area (Å²) >= 11 is 1.66. The molecule has 0 saturated carbocycles. The molecule has 4 heteroatoms. The zero-order valence-corrected chi connectivity index (χ0v) is 8.17. The first-order valence-corrected chi connectivity index (χ1v) is 5.15. The molecule has 0 fully saturated rings. The van der Waals surface area contributed by atoms with Crippen LogP contribution in [0.1, 0.15) is 5.56 Å². The van der Waals surface area contributed by atoms with Crippen LogP contribution in [0.4, 0.5) is 0 Å². The lowest BCUT2D eigenvalue weighted by Gasteiger charge is -2.07. The van der Waals surface area contributed by atoms with Crippen molar-refractivity contribution in [3.8, 4) is 0 Å². The van der Waals surface area contributed by atoms with E-state index in [0.717, 1.165) is 6.42 Å². The van der Waals surface area contributed by atoms with E-state index < -0.39 is 6.10 Å². The number of aliphatic hydroxyl groups is 2. The molecular weight excluding hydrogens is 188 g/mol. The minimum absolute atomic E-state index is 0.209. The second-order valence-corrected chi connectivity index (χ2v) is 3.57. The Morgan fingerprint density at radius 1 is 1.54 bits per heavy atom. The first-order valence-electron chi connectivity index (χ1n) is 4.20. The van der Waals surface area contributed by atoms with Gasteiger partial charge in [-0.3, -0.25) is 0 Å². The molecule has 1 aromatic rings. The monoisotopic (exact) mass is 202 g/mol. The van der Waals surface area contributed by atoms with E-state index in [0.29, 0.717) is 6.61 Å². The molecule has 2 N–H and O–H groups in total. The zero-order valence-electron chi connectivity index (χ0n) is 7.35. The van der Waals surface area contributed by atoms with Crippen LogP contribution in [-0.4, -0.2) is 36.1 Å². The second kappa shape index (κ2) is 6.10. The van der Waals surface area contributed by atoms with Gasteiger partial charge in [-0.1, -0.05) is 0 Å². The van der Waals surface area contributed by atoms with Crippen LogP contribution in [-0.2, 0) is 11.2 Å². The summed E-state index contributed by atoms with van der Waals surface area (Å²) in [6.07, 6.45) is 0.115. The summed E-state index contributed by atoms with van der Waals surface area (Å²) in [7, 11) is 0. The van der Waals surface area contributed by atoms with Gasteiger partial charge in [-0.2, -0.15) is 11.3 Å². The van der Waals surface area contributed by atoms with Crippen molar-refractivity contribution in [2.24, 2.45) is 0 Å². The van der Waals surface area contributed by atoms with Crippen molar-refractivity contribution in [2.75, 3.05) is 19.8 Å². The van der Waals surface area contributed by atoms with Crippen molar-refractivity contribution in [3.05, 3.63) is 22.4 Å². The molecule has 0 radical (unpaired) electrons. The van der Waals surface area contributed by atoms with Crippen LogP contribution in [0.5, 0.6) is 0 Å². The lowest BCUT2D eigenvalue weighted by molar-refractivity contribution is 0.00724. The fraction of sp³-hybridized carbons (Fsp3) is 0.556. The number of thiophene rings is 1. The van der Waals surface area contributed by atoms with Gasteiger partial charge in [0.25, 0.3) is 0 Å². The molecule has 0 aromatic carbocycles. The maximum absolute atomic E-state index is 8.94. The predicted molar refractivity (Wildman–Crippen MR) is 51.9 cm³/mol. The van der Waals surface area contributed by atoms with Gasteiger partial charge in [-0.05, 0) is 28.8 Å². The lowest BCUT2D eigenvalue weighted by atomic mass is 10.2. The minimum Gasteiger partial charge on any atom is -0.394 e. The molecule has 0 aliphatic rings. The average molecular weight is 202 g/mol. The standard InChI is InChI=1S/C9H14O3S/c10-5-9(11)6-12-3-1-8-2-4-13-7-8/h2,4,7,9-11H,1,3,5-6H2/t9-/m1/s1. The van der Waals surface area contributed by atoms with Gasteiger partial charge in [0.1, 0.15) is 6.10 Å². The van der Waals surface area contributed by atoms with E-state index in [1.165, 1.54) is 5.56 Å². The molecule has 3 nitrogen and oxygen atoms in total. The fourth-order valence-electron chi connectivity index (χ4n) is 0.897. The average Bonchev–Trinajstić information content (AvgIpc) is 2.64. The molecule has 1 atom stereocenters. The molecule has 0 bridgehead atoms. The predicted octanol–water partition coefficient (Wildman–Crippen LogP) is 0.660. The minimum atomic E-state index is -0.748. The van der Waals surface area contributed by atoms with E-state index >= 15 is 0 Å². The Kier molecular flexibility index (Phi) is 5.00. The molecule has 0 aliphatic heterocycles. The van der Waals surface area contributed by atoms with Gasteiger partial charge in [-0.25, -0.2) is 0 Å². The largest absolute Gasteiger partial charge is 0.394 e. The highest BCUT2D eigenvalue weighted by Gasteiger charge is 2.01. The normalized spacial score (nSPS) is 13.1. The molecule has 0 aliphatic carbocycles. The van der Waals surface area contributed by atoms with Gasteiger partial charge in [0.2, 0.25) is 0 Å². The Morgan fingerprint density at radius 2 is 2.38 bits per heavy atom. The summed E-state index contributed by atoms with van der Waals surface area (Å²) < 4.78 is 5.15. The van der Waals surface area contributed by atoms with Crippen LogP contribution >= 0.6 is 11.3 Å². The number of aliphatic hydroxyl groups excluding tert-OH is 2. The third-order valence-corrected chi connectivity index (χ3v) is 2.37. The third kappa shape index (κ3) is 4.38. The molecule has 0 unspecified atom stereocenters. The Hall–Kier alpha value is -0.420. The Labute approximate surface area is 81.6 Å². The summed E-state index contributed by atoms with van der Waals surface area (Å²) in [6.45, 7) is 0.562. The fourth-order valence-corrected chi connectivity index (χ4v) is 1.60. The van der Waals surface area contributed by atoms with Gasteiger partial charge < -0.3 is 14.9 Å². The highest BCUT2D eigenvalue weighted by molar-refractivity contribution is 7.07. The van der Waals surface area contributed by atoms with Crippen molar-refractivity contribution in [1.82, 2.24) is 0 Å². The van der Waals surface area contributed by atoms with Crippen molar-refractivity contribution < 1.29 is 14.9 Å². The first kappa shape index (κ1) is 10.7. The number of rotatable bonds is 6. The van der Waals surface area contributed by atoms with Crippen LogP contribution in [0.3, 0.4) is 0 Å². The van der Waals surface area contributed by atoms with Gasteiger partial charge in [-0.15, -0.1) is 0 Å². The third-order valence-electron chi connectivity index (χ3n) is 1.64. The van der Waals surface area contributed by atoms with E-state index in [1.807, 2.05) is 5.38 Å². The van der Waals surface area contributed by atoms with Gasteiger partial charge in [0, 0.05) is 0 Å². The van der Waals surface area contributed by atoms with E-state index in [4.69, 9.17) is 14.9 Å².